The lowest BCUT2D eigenvalue weighted by molar-refractivity contribution is -0.147. The molecule has 120 valence electrons. The Labute approximate surface area is 135 Å². The van der Waals surface area contributed by atoms with Crippen molar-refractivity contribution in [3.8, 4) is 0 Å². The molecule has 0 saturated carbocycles. The lowest BCUT2D eigenvalue weighted by atomic mass is 9.99. The SMILES string of the molecule is CC(C)OC(=O)CCNC(=O)c1ccc2c3c(cccc13)CC2. The number of carbonyl (C=O) groups is 2. The second kappa shape index (κ2) is 6.41. The van der Waals surface area contributed by atoms with E-state index in [1.54, 1.807) is 0 Å². The molecule has 0 atom stereocenters. The second-order valence-corrected chi connectivity index (χ2v) is 6.16. The summed E-state index contributed by atoms with van der Waals surface area (Å²) in [4.78, 5) is 24.0. The third-order valence-corrected chi connectivity index (χ3v) is 4.10. The van der Waals surface area contributed by atoms with E-state index < -0.39 is 0 Å². The van der Waals surface area contributed by atoms with Crippen LogP contribution in [0.1, 0.15) is 41.8 Å². The largest absolute Gasteiger partial charge is 0.463 e. The van der Waals surface area contributed by atoms with E-state index in [2.05, 4.69) is 11.4 Å². The normalized spacial score (nSPS) is 12.7. The van der Waals surface area contributed by atoms with Gasteiger partial charge in [-0.2, -0.15) is 0 Å². The Morgan fingerprint density at radius 3 is 2.61 bits per heavy atom. The first-order valence-corrected chi connectivity index (χ1v) is 8.07. The van der Waals surface area contributed by atoms with Gasteiger partial charge >= 0.3 is 5.97 Å². The average molecular weight is 311 g/mol. The molecule has 1 aliphatic carbocycles. The van der Waals surface area contributed by atoms with E-state index >= 15 is 0 Å². The van der Waals surface area contributed by atoms with Crippen molar-refractivity contribution in [2.24, 2.45) is 0 Å². The Kier molecular flexibility index (Phi) is 4.33. The second-order valence-electron chi connectivity index (χ2n) is 6.16. The highest BCUT2D eigenvalue weighted by Crippen LogP contribution is 2.32. The first kappa shape index (κ1) is 15.5. The van der Waals surface area contributed by atoms with Gasteiger partial charge in [-0.05, 0) is 54.7 Å². The lowest BCUT2D eigenvalue weighted by Gasteiger charge is -2.10. The van der Waals surface area contributed by atoms with Crippen molar-refractivity contribution in [2.75, 3.05) is 6.54 Å². The molecule has 0 saturated heterocycles. The van der Waals surface area contributed by atoms with E-state index in [4.69, 9.17) is 4.74 Å². The van der Waals surface area contributed by atoms with Gasteiger partial charge in [0.15, 0.2) is 0 Å². The van der Waals surface area contributed by atoms with E-state index in [1.807, 2.05) is 38.1 Å². The summed E-state index contributed by atoms with van der Waals surface area (Å²) in [7, 11) is 0. The summed E-state index contributed by atoms with van der Waals surface area (Å²) in [6.45, 7) is 3.90. The number of carbonyl (C=O) groups excluding carboxylic acids is 2. The molecule has 0 radical (unpaired) electrons. The topological polar surface area (TPSA) is 55.4 Å². The van der Waals surface area contributed by atoms with Crippen molar-refractivity contribution in [2.45, 2.75) is 39.2 Å². The third-order valence-electron chi connectivity index (χ3n) is 4.10. The van der Waals surface area contributed by atoms with Gasteiger partial charge in [0.2, 0.25) is 0 Å². The van der Waals surface area contributed by atoms with Crippen LogP contribution >= 0.6 is 0 Å². The monoisotopic (exact) mass is 311 g/mol. The van der Waals surface area contributed by atoms with Crippen molar-refractivity contribution in [3.05, 3.63) is 47.0 Å². The molecule has 0 fully saturated rings. The van der Waals surface area contributed by atoms with Crippen LogP contribution in [0.25, 0.3) is 10.8 Å². The number of rotatable bonds is 5. The number of benzene rings is 2. The Morgan fingerprint density at radius 2 is 1.87 bits per heavy atom. The van der Waals surface area contributed by atoms with E-state index in [9.17, 15) is 9.59 Å². The Hall–Kier alpha value is -2.36. The molecule has 0 unspecified atom stereocenters. The Bertz CT molecular complexity index is 754. The fraction of sp³-hybridized carbons (Fsp3) is 0.368. The molecule has 1 N–H and O–H groups in total. The number of amides is 1. The molecule has 0 aromatic heterocycles. The lowest BCUT2D eigenvalue weighted by Crippen LogP contribution is -2.27. The van der Waals surface area contributed by atoms with Crippen LogP contribution in [0, 0.1) is 0 Å². The van der Waals surface area contributed by atoms with Crippen molar-refractivity contribution in [3.63, 3.8) is 0 Å². The van der Waals surface area contributed by atoms with Crippen molar-refractivity contribution in [1.82, 2.24) is 5.32 Å². The highest BCUT2D eigenvalue weighted by atomic mass is 16.5. The highest BCUT2D eigenvalue weighted by molar-refractivity contribution is 6.09. The quantitative estimate of drug-likeness (QED) is 0.864. The molecular weight excluding hydrogens is 290 g/mol. The molecule has 0 heterocycles. The predicted octanol–water partition coefficient (Wildman–Crippen LogP) is 3.01. The van der Waals surface area contributed by atoms with Crippen LogP contribution in [-0.2, 0) is 22.4 Å². The maximum Gasteiger partial charge on any atom is 0.307 e. The number of nitrogens with one attached hydrogen (secondary N) is 1. The van der Waals surface area contributed by atoms with Crippen LogP contribution in [-0.4, -0.2) is 24.5 Å². The molecule has 23 heavy (non-hydrogen) atoms. The number of hydrogen-bond donors (Lipinski definition) is 1. The summed E-state index contributed by atoms with van der Waals surface area (Å²) < 4.78 is 5.06. The van der Waals surface area contributed by atoms with Crippen LogP contribution in [0.5, 0.6) is 0 Å². The van der Waals surface area contributed by atoms with E-state index in [0.717, 1.165) is 18.2 Å². The zero-order valence-corrected chi connectivity index (χ0v) is 13.5. The molecule has 2 aromatic carbocycles. The molecule has 4 nitrogen and oxygen atoms in total. The van der Waals surface area contributed by atoms with Gasteiger partial charge < -0.3 is 10.1 Å². The third kappa shape index (κ3) is 3.21. The van der Waals surface area contributed by atoms with Gasteiger partial charge in [-0.15, -0.1) is 0 Å². The fourth-order valence-corrected chi connectivity index (χ4v) is 3.14. The van der Waals surface area contributed by atoms with E-state index in [1.165, 1.54) is 16.5 Å². The number of aryl methyl sites for hydroxylation is 2. The summed E-state index contributed by atoms with van der Waals surface area (Å²) in [5.74, 6) is -0.432. The van der Waals surface area contributed by atoms with Gasteiger partial charge in [0, 0.05) is 12.1 Å². The van der Waals surface area contributed by atoms with Crippen molar-refractivity contribution >= 4 is 22.6 Å². The van der Waals surface area contributed by atoms with Crippen molar-refractivity contribution in [1.29, 1.82) is 0 Å². The van der Waals surface area contributed by atoms with E-state index in [-0.39, 0.29) is 30.9 Å². The number of ether oxygens (including phenoxy) is 1. The van der Waals surface area contributed by atoms with Gasteiger partial charge in [-0.3, -0.25) is 9.59 Å². The molecule has 0 aliphatic heterocycles. The molecule has 1 amide bonds. The smallest absolute Gasteiger partial charge is 0.307 e. The molecule has 4 heteroatoms. The Morgan fingerprint density at radius 1 is 1.13 bits per heavy atom. The first-order valence-electron chi connectivity index (χ1n) is 8.07. The first-order chi connectivity index (χ1) is 11.1. The van der Waals surface area contributed by atoms with Gasteiger partial charge in [0.05, 0.1) is 12.5 Å². The molecule has 0 bridgehead atoms. The maximum absolute atomic E-state index is 12.4. The summed E-state index contributed by atoms with van der Waals surface area (Å²) >= 11 is 0. The average Bonchev–Trinajstić information content (AvgIpc) is 2.92. The summed E-state index contributed by atoms with van der Waals surface area (Å²) in [6.07, 6.45) is 2.14. The van der Waals surface area contributed by atoms with Crippen molar-refractivity contribution < 1.29 is 14.3 Å². The van der Waals surface area contributed by atoms with Gasteiger partial charge in [0.1, 0.15) is 0 Å². The highest BCUT2D eigenvalue weighted by Gasteiger charge is 2.18. The van der Waals surface area contributed by atoms with Crippen LogP contribution in [0.4, 0.5) is 0 Å². The zero-order chi connectivity index (χ0) is 16.4. The molecule has 3 rings (SSSR count). The molecular formula is C19H21NO3. The predicted molar refractivity (Wildman–Crippen MR) is 89.5 cm³/mol. The van der Waals surface area contributed by atoms with Crippen LogP contribution in [0.2, 0.25) is 0 Å². The molecule has 1 aliphatic rings. The van der Waals surface area contributed by atoms with Crippen LogP contribution < -0.4 is 5.32 Å². The summed E-state index contributed by atoms with van der Waals surface area (Å²) in [5, 5.41) is 5.04. The minimum atomic E-state index is -0.291. The molecule has 2 aromatic rings. The number of esters is 1. The zero-order valence-electron chi connectivity index (χ0n) is 13.5. The number of hydrogen-bond acceptors (Lipinski definition) is 3. The summed E-state index contributed by atoms with van der Waals surface area (Å²) in [6, 6.07) is 10.1. The molecule has 0 spiro atoms. The van der Waals surface area contributed by atoms with Gasteiger partial charge in [0.25, 0.3) is 5.91 Å². The Balaban J connectivity index is 1.72. The van der Waals surface area contributed by atoms with Gasteiger partial charge in [-0.25, -0.2) is 0 Å². The standard InChI is InChI=1S/C19H21NO3/c1-12(2)23-17(21)10-11-20-19(22)16-9-8-14-7-6-13-4-3-5-15(16)18(13)14/h3-5,8-9,12H,6-7,10-11H2,1-2H3,(H,20,22). The van der Waals surface area contributed by atoms with Crippen LogP contribution in [0.15, 0.2) is 30.3 Å². The maximum atomic E-state index is 12.4. The minimum Gasteiger partial charge on any atom is -0.463 e. The van der Waals surface area contributed by atoms with Crippen LogP contribution in [0.3, 0.4) is 0 Å². The summed E-state index contributed by atoms with van der Waals surface area (Å²) in [5.41, 5.74) is 3.30. The van der Waals surface area contributed by atoms with E-state index in [0.29, 0.717) is 5.56 Å². The van der Waals surface area contributed by atoms with Gasteiger partial charge in [-0.1, -0.05) is 24.3 Å². The minimum absolute atomic E-state index is 0.130. The fourth-order valence-electron chi connectivity index (χ4n) is 3.14.